The van der Waals surface area contributed by atoms with Gasteiger partial charge in [-0.1, -0.05) is 0 Å². The molecule has 0 unspecified atom stereocenters. The molecule has 0 aromatic heterocycles. The van der Waals surface area contributed by atoms with Crippen LogP contribution >= 0.6 is 0 Å². The van der Waals surface area contributed by atoms with Crippen molar-refractivity contribution in [2.24, 2.45) is 0 Å². The third-order valence-electron chi connectivity index (χ3n) is 0. The Morgan fingerprint density at radius 2 is 0.800 bits per heavy atom. The zero-order valence-electron chi connectivity index (χ0n) is 2.61. The van der Waals surface area contributed by atoms with E-state index < -0.39 is 0 Å². The Bertz CT molecular complexity index is 7.61. The van der Waals surface area contributed by atoms with Crippen molar-refractivity contribution in [3.63, 3.8) is 0 Å². The average Bonchev–Trinajstić information content (AvgIpc) is 1.00. The van der Waals surface area contributed by atoms with E-state index in [-0.39, 0.29) is 28.0 Å². The topological polar surface area (TPSA) is 60.0 Å². The van der Waals surface area contributed by atoms with Crippen molar-refractivity contribution in [1.29, 1.82) is 0 Å². The Labute approximate surface area is 42.0 Å². The largest absolute Gasteiger partial charge is 2.00 e. The molecular weight excluding hydrogens is 120 g/mol. The molecule has 0 bridgehead atoms. The van der Waals surface area contributed by atoms with Gasteiger partial charge in [-0.2, -0.15) is 0 Å². The standard InChI is InChI=1S/C2H4.Cu.2H2O/c1-2;;;/h1-2H2;;2*1H2/q;+2;;/p-2. The first kappa shape index (κ1) is 65.0. The van der Waals surface area contributed by atoms with Crippen LogP contribution in [0.15, 0.2) is 13.2 Å². The summed E-state index contributed by atoms with van der Waals surface area (Å²) in [6, 6.07) is 0. The van der Waals surface area contributed by atoms with Gasteiger partial charge in [-0.15, -0.1) is 13.2 Å². The molecule has 1 radical (unpaired) electrons. The molecule has 0 aliphatic heterocycles. The summed E-state index contributed by atoms with van der Waals surface area (Å²) >= 11 is 0. The SMILES string of the molecule is C=C.[Cu+2].[OH-].[OH-]. The van der Waals surface area contributed by atoms with Crippen LogP contribution in [-0.2, 0) is 17.1 Å². The predicted molar refractivity (Wildman–Crippen MR) is 15.1 cm³/mol. The second-order valence-corrected chi connectivity index (χ2v) is 0. The molecular formula is C2H6CuO2. The minimum atomic E-state index is 0. The van der Waals surface area contributed by atoms with Gasteiger partial charge in [0.2, 0.25) is 0 Å². The summed E-state index contributed by atoms with van der Waals surface area (Å²) in [4.78, 5) is 0. The van der Waals surface area contributed by atoms with Crippen LogP contribution in [0.2, 0.25) is 0 Å². The van der Waals surface area contributed by atoms with Crippen LogP contribution < -0.4 is 0 Å². The van der Waals surface area contributed by atoms with Crippen LogP contribution in [0.25, 0.3) is 0 Å². The summed E-state index contributed by atoms with van der Waals surface area (Å²) in [5.74, 6) is 0. The maximum Gasteiger partial charge on any atom is 2.00 e. The fraction of sp³-hybridized carbons (Fsp3) is 0. The van der Waals surface area contributed by atoms with Crippen LogP contribution in [0.4, 0.5) is 0 Å². The van der Waals surface area contributed by atoms with Gasteiger partial charge < -0.3 is 11.0 Å². The maximum atomic E-state index is 3.00. The van der Waals surface area contributed by atoms with E-state index in [0.29, 0.717) is 0 Å². The van der Waals surface area contributed by atoms with Gasteiger partial charge in [0.15, 0.2) is 0 Å². The van der Waals surface area contributed by atoms with E-state index >= 15 is 0 Å². The average molecular weight is 126 g/mol. The van der Waals surface area contributed by atoms with E-state index in [1.165, 1.54) is 0 Å². The third-order valence-corrected chi connectivity index (χ3v) is 0. The molecule has 0 amide bonds. The number of hydrogen-bond donors (Lipinski definition) is 0. The molecule has 0 saturated carbocycles. The Hall–Kier alpha value is 0.179. The zero-order valence-corrected chi connectivity index (χ0v) is 3.55. The van der Waals surface area contributed by atoms with Crippen molar-refractivity contribution in [2.45, 2.75) is 0 Å². The molecule has 0 atom stereocenters. The van der Waals surface area contributed by atoms with Crippen molar-refractivity contribution in [2.75, 3.05) is 0 Å². The normalized spacial score (nSPS) is 0.800. The molecule has 0 fully saturated rings. The Balaban J connectivity index is -0.00000000167. The number of rotatable bonds is 0. The van der Waals surface area contributed by atoms with Crippen molar-refractivity contribution in [1.82, 2.24) is 0 Å². The molecule has 0 aliphatic carbocycles. The van der Waals surface area contributed by atoms with E-state index in [9.17, 15) is 0 Å². The maximum absolute atomic E-state index is 3.00. The van der Waals surface area contributed by atoms with E-state index in [2.05, 4.69) is 13.2 Å². The Morgan fingerprint density at radius 3 is 0.800 bits per heavy atom. The monoisotopic (exact) mass is 125 g/mol. The van der Waals surface area contributed by atoms with Crippen LogP contribution in [0, 0.1) is 0 Å². The van der Waals surface area contributed by atoms with Crippen LogP contribution in [0.5, 0.6) is 0 Å². The molecule has 37 valence electrons. The smallest absolute Gasteiger partial charge is 0.870 e. The van der Waals surface area contributed by atoms with Crippen molar-refractivity contribution < 1.29 is 28.0 Å². The zero-order chi connectivity index (χ0) is 2.00. The van der Waals surface area contributed by atoms with Crippen molar-refractivity contribution in [3.05, 3.63) is 13.2 Å². The molecule has 0 spiro atoms. The first-order chi connectivity index (χ1) is 1.00. The fourth-order valence-electron chi connectivity index (χ4n) is 0. The molecule has 0 saturated heterocycles. The second kappa shape index (κ2) is 1310. The van der Waals surface area contributed by atoms with Gasteiger partial charge in [-0.25, -0.2) is 0 Å². The summed E-state index contributed by atoms with van der Waals surface area (Å²) in [5, 5.41) is 0. The van der Waals surface area contributed by atoms with Gasteiger partial charge in [0.25, 0.3) is 0 Å². The molecule has 0 aliphatic rings. The minimum absolute atomic E-state index is 0. The van der Waals surface area contributed by atoms with Gasteiger partial charge >= 0.3 is 17.1 Å². The van der Waals surface area contributed by atoms with Gasteiger partial charge in [0.1, 0.15) is 0 Å². The molecule has 0 aromatic carbocycles. The summed E-state index contributed by atoms with van der Waals surface area (Å²) < 4.78 is 0. The summed E-state index contributed by atoms with van der Waals surface area (Å²) in [6.45, 7) is 6.00. The first-order valence-corrected chi connectivity index (χ1v) is 0.500. The predicted octanol–water partition coefficient (Wildman–Crippen LogP) is 0.446. The van der Waals surface area contributed by atoms with E-state index in [1.54, 1.807) is 0 Å². The van der Waals surface area contributed by atoms with E-state index in [1.807, 2.05) is 0 Å². The minimum Gasteiger partial charge on any atom is -0.870 e. The molecule has 2 nitrogen and oxygen atoms in total. The Morgan fingerprint density at radius 1 is 0.800 bits per heavy atom. The molecule has 0 heterocycles. The molecule has 0 rings (SSSR count). The Kier molecular flexibility index (Phi) is 17100. The summed E-state index contributed by atoms with van der Waals surface area (Å²) in [5.41, 5.74) is 0. The first-order valence-electron chi connectivity index (χ1n) is 0.500. The van der Waals surface area contributed by atoms with Crippen LogP contribution in [-0.4, -0.2) is 11.0 Å². The fourth-order valence-corrected chi connectivity index (χ4v) is 0. The van der Waals surface area contributed by atoms with Crippen LogP contribution in [0.1, 0.15) is 0 Å². The van der Waals surface area contributed by atoms with Gasteiger partial charge in [0.05, 0.1) is 0 Å². The molecule has 5 heavy (non-hydrogen) atoms. The van der Waals surface area contributed by atoms with Gasteiger partial charge in [-0.05, 0) is 0 Å². The molecule has 3 heteroatoms. The van der Waals surface area contributed by atoms with E-state index in [4.69, 9.17) is 0 Å². The second-order valence-electron chi connectivity index (χ2n) is 0. The van der Waals surface area contributed by atoms with Crippen molar-refractivity contribution in [3.8, 4) is 0 Å². The van der Waals surface area contributed by atoms with Gasteiger partial charge in [-0.3, -0.25) is 0 Å². The summed E-state index contributed by atoms with van der Waals surface area (Å²) in [7, 11) is 0. The van der Waals surface area contributed by atoms with Gasteiger partial charge in [0, 0.05) is 0 Å². The third kappa shape index (κ3) is 616. The van der Waals surface area contributed by atoms with Crippen LogP contribution in [0.3, 0.4) is 0 Å². The molecule has 2 N–H and O–H groups in total. The van der Waals surface area contributed by atoms with E-state index in [0.717, 1.165) is 0 Å². The number of hydrogen-bond acceptors (Lipinski definition) is 2. The quantitative estimate of drug-likeness (QED) is 0.349. The van der Waals surface area contributed by atoms with Crippen molar-refractivity contribution >= 4 is 0 Å². The summed E-state index contributed by atoms with van der Waals surface area (Å²) in [6.07, 6.45) is 0. The molecule has 0 aromatic rings.